The lowest BCUT2D eigenvalue weighted by Crippen LogP contribution is -2.39. The molecule has 6 nitrogen and oxygen atoms in total. The van der Waals surface area contributed by atoms with Crippen molar-refractivity contribution in [2.75, 3.05) is 11.5 Å². The predicted octanol–water partition coefficient (Wildman–Crippen LogP) is 5.57. The number of pyridine rings is 2. The quantitative estimate of drug-likeness (QED) is 0.241. The van der Waals surface area contributed by atoms with E-state index in [1.165, 1.54) is 11.3 Å². The molecular formula is C27H28ClN3O3. The lowest BCUT2D eigenvalue weighted by Gasteiger charge is -2.27. The van der Waals surface area contributed by atoms with Crippen molar-refractivity contribution in [1.29, 1.82) is 0 Å². The molecule has 0 aliphatic heterocycles. The van der Waals surface area contributed by atoms with Crippen molar-refractivity contribution in [3.63, 3.8) is 0 Å². The maximum Gasteiger partial charge on any atom is 0.323 e. The number of ether oxygens (including phenoxy) is 1. The molecule has 1 unspecified atom stereocenters. The number of carbonyl (C=O) groups excluding carboxylic acids is 2. The molecular weight excluding hydrogens is 450 g/mol. The highest BCUT2D eigenvalue weighted by atomic mass is 35.5. The molecule has 0 bridgehead atoms. The van der Waals surface area contributed by atoms with E-state index in [0.29, 0.717) is 29.1 Å². The number of rotatable bonds is 8. The zero-order valence-electron chi connectivity index (χ0n) is 19.0. The van der Waals surface area contributed by atoms with Crippen LogP contribution in [0, 0.1) is 5.92 Å². The lowest BCUT2D eigenvalue weighted by molar-refractivity contribution is -0.149. The summed E-state index contributed by atoms with van der Waals surface area (Å²) in [6.07, 6.45) is 8.90. The van der Waals surface area contributed by atoms with Crippen LogP contribution >= 0.6 is 11.6 Å². The fourth-order valence-corrected chi connectivity index (χ4v) is 4.40. The van der Waals surface area contributed by atoms with E-state index in [0.717, 1.165) is 31.2 Å². The second kappa shape index (κ2) is 11.7. The topological polar surface area (TPSA) is 72.4 Å². The Hall–Kier alpha value is -3.25. The van der Waals surface area contributed by atoms with Crippen molar-refractivity contribution in [3.05, 3.63) is 89.3 Å². The van der Waals surface area contributed by atoms with Crippen LogP contribution < -0.4 is 4.90 Å². The zero-order valence-corrected chi connectivity index (χ0v) is 19.7. The highest BCUT2D eigenvalue weighted by Crippen LogP contribution is 2.27. The molecule has 1 saturated carbocycles. The third-order valence-electron chi connectivity index (χ3n) is 6.12. The SMILES string of the molecule is O=C(OCC1CCCCC1)C(C(=O)N(Cc1ccc(Cl)nc1)c1ccccn1)c1ccccc1. The molecule has 1 atom stereocenters. The smallest absolute Gasteiger partial charge is 0.323 e. The Morgan fingerprint density at radius 1 is 0.971 bits per heavy atom. The maximum atomic E-state index is 13.9. The van der Waals surface area contributed by atoms with Crippen LogP contribution in [0.15, 0.2) is 73.1 Å². The molecule has 1 amide bonds. The van der Waals surface area contributed by atoms with E-state index >= 15 is 0 Å². The molecule has 3 aromatic rings. The molecule has 176 valence electrons. The highest BCUT2D eigenvalue weighted by Gasteiger charge is 2.35. The number of esters is 1. The number of hydrogen-bond acceptors (Lipinski definition) is 5. The van der Waals surface area contributed by atoms with Gasteiger partial charge in [0.15, 0.2) is 5.92 Å². The Balaban J connectivity index is 1.62. The largest absolute Gasteiger partial charge is 0.465 e. The first-order chi connectivity index (χ1) is 16.6. The van der Waals surface area contributed by atoms with Gasteiger partial charge in [-0.2, -0.15) is 0 Å². The number of aromatic nitrogens is 2. The molecule has 0 spiro atoms. The van der Waals surface area contributed by atoms with Crippen molar-refractivity contribution in [1.82, 2.24) is 9.97 Å². The first-order valence-electron chi connectivity index (χ1n) is 11.7. The average Bonchev–Trinajstić information content (AvgIpc) is 2.89. The van der Waals surface area contributed by atoms with Gasteiger partial charge in [0.25, 0.3) is 0 Å². The van der Waals surface area contributed by atoms with Gasteiger partial charge in [0.1, 0.15) is 11.0 Å². The van der Waals surface area contributed by atoms with E-state index in [2.05, 4.69) is 9.97 Å². The summed E-state index contributed by atoms with van der Waals surface area (Å²) >= 11 is 5.93. The van der Waals surface area contributed by atoms with E-state index < -0.39 is 17.8 Å². The van der Waals surface area contributed by atoms with Gasteiger partial charge in [0, 0.05) is 12.4 Å². The molecule has 1 aromatic carbocycles. The minimum atomic E-state index is -1.09. The van der Waals surface area contributed by atoms with Gasteiger partial charge in [-0.1, -0.05) is 73.3 Å². The van der Waals surface area contributed by atoms with Crippen LogP contribution in [-0.4, -0.2) is 28.5 Å². The number of carbonyl (C=O) groups is 2. The summed E-state index contributed by atoms with van der Waals surface area (Å²) in [5, 5.41) is 0.368. The zero-order chi connectivity index (χ0) is 23.8. The average molecular weight is 478 g/mol. The Morgan fingerprint density at radius 3 is 2.41 bits per heavy atom. The van der Waals surface area contributed by atoms with Gasteiger partial charge < -0.3 is 4.74 Å². The van der Waals surface area contributed by atoms with Crippen molar-refractivity contribution in [2.24, 2.45) is 5.92 Å². The monoisotopic (exact) mass is 477 g/mol. The second-order valence-corrected chi connectivity index (χ2v) is 8.97. The number of anilines is 1. The first-order valence-corrected chi connectivity index (χ1v) is 12.0. The maximum absolute atomic E-state index is 13.9. The van der Waals surface area contributed by atoms with E-state index in [1.807, 2.05) is 24.3 Å². The predicted molar refractivity (Wildman–Crippen MR) is 131 cm³/mol. The van der Waals surface area contributed by atoms with Gasteiger partial charge in [-0.25, -0.2) is 9.97 Å². The first kappa shape index (κ1) is 23.9. The minimum absolute atomic E-state index is 0.194. The van der Waals surface area contributed by atoms with Crippen LogP contribution in [0.5, 0.6) is 0 Å². The summed E-state index contributed by atoms with van der Waals surface area (Å²) < 4.78 is 5.73. The van der Waals surface area contributed by atoms with Gasteiger partial charge in [-0.15, -0.1) is 0 Å². The Bertz CT molecular complexity index is 1070. The molecule has 4 rings (SSSR count). The van der Waals surface area contributed by atoms with Crippen LogP contribution in [0.25, 0.3) is 0 Å². The van der Waals surface area contributed by atoms with Gasteiger partial charge in [0.2, 0.25) is 5.91 Å². The minimum Gasteiger partial charge on any atom is -0.465 e. The highest BCUT2D eigenvalue weighted by molar-refractivity contribution is 6.29. The van der Waals surface area contributed by atoms with Crippen molar-refractivity contribution in [3.8, 4) is 0 Å². The summed E-state index contributed by atoms with van der Waals surface area (Å²) in [6, 6.07) is 17.9. The molecule has 34 heavy (non-hydrogen) atoms. The van der Waals surface area contributed by atoms with E-state index in [-0.39, 0.29) is 6.54 Å². The molecule has 0 N–H and O–H groups in total. The third kappa shape index (κ3) is 6.20. The number of hydrogen-bond donors (Lipinski definition) is 0. The molecule has 1 aliphatic carbocycles. The molecule has 7 heteroatoms. The number of amides is 1. The van der Waals surface area contributed by atoms with Gasteiger partial charge in [-0.3, -0.25) is 14.5 Å². The third-order valence-corrected chi connectivity index (χ3v) is 6.35. The Kier molecular flexibility index (Phi) is 8.26. The molecule has 2 aromatic heterocycles. The summed E-state index contributed by atoms with van der Waals surface area (Å²) in [5.74, 6) is -1.21. The van der Waals surface area contributed by atoms with Crippen molar-refractivity contribution >= 4 is 29.3 Å². The standard InChI is InChI=1S/C27H28ClN3O3/c28-23-15-14-21(17-30-23)18-31(24-13-7-8-16-29-24)26(32)25(22-11-5-2-6-12-22)27(33)34-19-20-9-3-1-4-10-20/h2,5-8,11-17,20,25H,1,3-4,9-10,18-19H2. The van der Waals surface area contributed by atoms with Crippen LogP contribution in [-0.2, 0) is 20.9 Å². The van der Waals surface area contributed by atoms with Crippen LogP contribution in [0.1, 0.15) is 49.1 Å². The summed E-state index contributed by atoms with van der Waals surface area (Å²) in [6.45, 7) is 0.541. The molecule has 1 fully saturated rings. The fourth-order valence-electron chi connectivity index (χ4n) is 4.29. The molecule has 2 heterocycles. The Labute approximate surface area is 204 Å². The van der Waals surface area contributed by atoms with E-state index in [1.54, 1.807) is 48.8 Å². The van der Waals surface area contributed by atoms with E-state index in [4.69, 9.17) is 16.3 Å². The summed E-state index contributed by atoms with van der Waals surface area (Å²) in [7, 11) is 0. The summed E-state index contributed by atoms with van der Waals surface area (Å²) in [4.78, 5) is 37.3. The van der Waals surface area contributed by atoms with Crippen LogP contribution in [0.3, 0.4) is 0 Å². The van der Waals surface area contributed by atoms with Crippen molar-refractivity contribution < 1.29 is 14.3 Å². The fraction of sp³-hybridized carbons (Fsp3) is 0.333. The number of nitrogens with zero attached hydrogens (tertiary/aromatic N) is 3. The van der Waals surface area contributed by atoms with E-state index in [9.17, 15) is 9.59 Å². The van der Waals surface area contributed by atoms with Gasteiger partial charge in [-0.05, 0) is 48.1 Å². The number of halogens is 1. The number of benzene rings is 1. The lowest BCUT2D eigenvalue weighted by atomic mass is 9.90. The van der Waals surface area contributed by atoms with Gasteiger partial charge in [0.05, 0.1) is 13.2 Å². The normalized spacial score (nSPS) is 14.9. The molecule has 0 saturated heterocycles. The van der Waals surface area contributed by atoms with Crippen LogP contribution in [0.4, 0.5) is 5.82 Å². The molecule has 1 aliphatic rings. The summed E-state index contributed by atoms with van der Waals surface area (Å²) in [5.41, 5.74) is 1.36. The van der Waals surface area contributed by atoms with Crippen molar-refractivity contribution in [2.45, 2.75) is 44.6 Å². The Morgan fingerprint density at radius 2 is 1.74 bits per heavy atom. The van der Waals surface area contributed by atoms with Gasteiger partial charge >= 0.3 is 5.97 Å². The second-order valence-electron chi connectivity index (χ2n) is 8.58. The van der Waals surface area contributed by atoms with Crippen LogP contribution in [0.2, 0.25) is 5.15 Å². The molecule has 0 radical (unpaired) electrons.